The van der Waals surface area contributed by atoms with Crippen LogP contribution in [0.15, 0.2) is 0 Å². The third-order valence-electron chi connectivity index (χ3n) is 2.75. The Bertz CT molecular complexity index is 179. The second-order valence-corrected chi connectivity index (χ2v) is 4.98. The zero-order chi connectivity index (χ0) is 11.9. The van der Waals surface area contributed by atoms with Crippen LogP contribution in [0.5, 0.6) is 0 Å². The van der Waals surface area contributed by atoms with Crippen molar-refractivity contribution in [2.24, 2.45) is 5.92 Å². The van der Waals surface area contributed by atoms with Crippen LogP contribution < -0.4 is 5.32 Å². The highest BCUT2D eigenvalue weighted by molar-refractivity contribution is 4.83. The summed E-state index contributed by atoms with van der Waals surface area (Å²) in [5.74, 6) is 0.583. The summed E-state index contributed by atoms with van der Waals surface area (Å²) in [5, 5.41) is 13.4. The molecule has 0 atom stereocenters. The molecule has 1 aliphatic rings. The van der Waals surface area contributed by atoms with Crippen LogP contribution in [0, 0.1) is 5.92 Å². The highest BCUT2D eigenvalue weighted by Gasteiger charge is 2.28. The summed E-state index contributed by atoms with van der Waals surface area (Å²) in [6.45, 7) is 8.57. The zero-order valence-corrected chi connectivity index (χ0v) is 10.5. The minimum absolute atomic E-state index is 0.573. The molecule has 2 N–H and O–H groups in total. The molecule has 0 spiro atoms. The van der Waals surface area contributed by atoms with Crippen molar-refractivity contribution >= 4 is 0 Å². The predicted octanol–water partition coefficient (Wildman–Crippen LogP) is 0.790. The van der Waals surface area contributed by atoms with Gasteiger partial charge in [-0.25, -0.2) is 0 Å². The van der Waals surface area contributed by atoms with Crippen molar-refractivity contribution < 1.29 is 14.6 Å². The Morgan fingerprint density at radius 3 is 2.69 bits per heavy atom. The van der Waals surface area contributed by atoms with Crippen molar-refractivity contribution in [2.45, 2.75) is 32.3 Å². The van der Waals surface area contributed by atoms with E-state index in [0.29, 0.717) is 32.3 Å². The third-order valence-corrected chi connectivity index (χ3v) is 2.75. The average molecular weight is 231 g/mol. The molecule has 1 saturated heterocycles. The van der Waals surface area contributed by atoms with Crippen molar-refractivity contribution in [1.29, 1.82) is 0 Å². The van der Waals surface area contributed by atoms with Gasteiger partial charge in [0.25, 0.3) is 0 Å². The van der Waals surface area contributed by atoms with Gasteiger partial charge < -0.3 is 19.9 Å². The van der Waals surface area contributed by atoms with Crippen molar-refractivity contribution in [3.8, 4) is 0 Å². The van der Waals surface area contributed by atoms with Crippen molar-refractivity contribution in [1.82, 2.24) is 5.32 Å². The van der Waals surface area contributed by atoms with Crippen LogP contribution in [0.3, 0.4) is 0 Å². The van der Waals surface area contributed by atoms with Crippen LogP contribution in [0.25, 0.3) is 0 Å². The van der Waals surface area contributed by atoms with E-state index in [1.807, 2.05) is 0 Å². The predicted molar refractivity (Wildman–Crippen MR) is 63.5 cm³/mol. The summed E-state index contributed by atoms with van der Waals surface area (Å²) in [4.78, 5) is 0. The number of nitrogens with one attached hydrogen (secondary N) is 1. The number of rotatable bonds is 7. The summed E-state index contributed by atoms with van der Waals surface area (Å²) in [6, 6.07) is 0. The normalized spacial score (nSPS) is 20.2. The lowest BCUT2D eigenvalue weighted by Gasteiger charge is -2.32. The Morgan fingerprint density at radius 1 is 1.38 bits per heavy atom. The van der Waals surface area contributed by atoms with Crippen LogP contribution in [-0.2, 0) is 9.47 Å². The van der Waals surface area contributed by atoms with E-state index in [9.17, 15) is 5.11 Å². The van der Waals surface area contributed by atoms with Crippen molar-refractivity contribution in [3.05, 3.63) is 0 Å². The van der Waals surface area contributed by atoms with Crippen LogP contribution in [-0.4, -0.2) is 50.2 Å². The first-order valence-electron chi connectivity index (χ1n) is 6.21. The molecule has 0 aromatic rings. The second kappa shape index (κ2) is 7.22. The lowest BCUT2D eigenvalue weighted by Crippen LogP contribution is -2.45. The maximum atomic E-state index is 10.1. The number of hydrogen-bond donors (Lipinski definition) is 2. The fraction of sp³-hybridized carbons (Fsp3) is 1.00. The van der Waals surface area contributed by atoms with Gasteiger partial charge in [0.05, 0.1) is 12.2 Å². The molecule has 0 aromatic heterocycles. The number of hydrogen-bond acceptors (Lipinski definition) is 4. The van der Waals surface area contributed by atoms with E-state index in [1.165, 1.54) is 0 Å². The van der Waals surface area contributed by atoms with Gasteiger partial charge in [0.2, 0.25) is 0 Å². The molecule has 0 radical (unpaired) electrons. The van der Waals surface area contributed by atoms with Gasteiger partial charge in [-0.05, 0) is 5.92 Å². The molecule has 0 saturated carbocycles. The molecular weight excluding hydrogens is 206 g/mol. The van der Waals surface area contributed by atoms with E-state index in [-0.39, 0.29) is 0 Å². The standard InChI is InChI=1S/C12H25NO3/c1-11(2)9-16-8-5-13-10-12(14)3-6-15-7-4-12/h11,13-14H,3-10H2,1-2H3. The first-order chi connectivity index (χ1) is 7.62. The molecule has 1 heterocycles. The highest BCUT2D eigenvalue weighted by atomic mass is 16.5. The van der Waals surface area contributed by atoms with Gasteiger partial charge in [0.15, 0.2) is 0 Å². The maximum Gasteiger partial charge on any atom is 0.0815 e. The van der Waals surface area contributed by atoms with E-state index in [1.54, 1.807) is 0 Å². The smallest absolute Gasteiger partial charge is 0.0815 e. The fourth-order valence-corrected chi connectivity index (χ4v) is 1.71. The minimum Gasteiger partial charge on any atom is -0.388 e. The summed E-state index contributed by atoms with van der Waals surface area (Å²) in [6.07, 6.45) is 1.46. The number of ether oxygens (including phenoxy) is 2. The molecular formula is C12H25NO3. The van der Waals surface area contributed by atoms with Gasteiger partial charge in [0, 0.05) is 45.8 Å². The average Bonchev–Trinajstić information content (AvgIpc) is 2.24. The quantitative estimate of drug-likeness (QED) is 0.636. The molecule has 0 unspecified atom stereocenters. The van der Waals surface area contributed by atoms with E-state index < -0.39 is 5.60 Å². The van der Waals surface area contributed by atoms with E-state index in [2.05, 4.69) is 19.2 Å². The molecule has 16 heavy (non-hydrogen) atoms. The first-order valence-corrected chi connectivity index (χ1v) is 6.21. The topological polar surface area (TPSA) is 50.7 Å². The lowest BCUT2D eigenvalue weighted by molar-refractivity contribution is -0.0620. The summed E-state index contributed by atoms with van der Waals surface area (Å²) in [7, 11) is 0. The van der Waals surface area contributed by atoms with E-state index in [0.717, 1.165) is 26.0 Å². The van der Waals surface area contributed by atoms with E-state index in [4.69, 9.17) is 9.47 Å². The molecule has 4 heteroatoms. The fourth-order valence-electron chi connectivity index (χ4n) is 1.71. The van der Waals surface area contributed by atoms with Gasteiger partial charge in [-0.15, -0.1) is 0 Å². The van der Waals surface area contributed by atoms with Gasteiger partial charge in [-0.1, -0.05) is 13.8 Å². The first kappa shape index (κ1) is 13.9. The van der Waals surface area contributed by atoms with Gasteiger partial charge in [-0.3, -0.25) is 0 Å². The van der Waals surface area contributed by atoms with Crippen LogP contribution in [0.1, 0.15) is 26.7 Å². The van der Waals surface area contributed by atoms with Crippen LogP contribution in [0.4, 0.5) is 0 Å². The Kier molecular flexibility index (Phi) is 6.28. The van der Waals surface area contributed by atoms with Crippen molar-refractivity contribution in [3.63, 3.8) is 0 Å². The summed E-state index contributed by atoms with van der Waals surface area (Å²) in [5.41, 5.74) is -0.573. The number of aliphatic hydroxyl groups is 1. The largest absolute Gasteiger partial charge is 0.388 e. The van der Waals surface area contributed by atoms with E-state index >= 15 is 0 Å². The SMILES string of the molecule is CC(C)COCCNCC1(O)CCOCC1. The molecule has 96 valence electrons. The lowest BCUT2D eigenvalue weighted by atomic mass is 9.94. The van der Waals surface area contributed by atoms with Crippen LogP contribution >= 0.6 is 0 Å². The van der Waals surface area contributed by atoms with Crippen molar-refractivity contribution in [2.75, 3.05) is 39.5 Å². The monoisotopic (exact) mass is 231 g/mol. The van der Waals surface area contributed by atoms with Gasteiger partial charge in [-0.2, -0.15) is 0 Å². The maximum absolute atomic E-state index is 10.1. The Balaban J connectivity index is 1.97. The molecule has 0 bridgehead atoms. The molecule has 0 aliphatic carbocycles. The third kappa shape index (κ3) is 5.80. The Labute approximate surface area is 98.3 Å². The van der Waals surface area contributed by atoms with Gasteiger partial charge >= 0.3 is 0 Å². The zero-order valence-electron chi connectivity index (χ0n) is 10.5. The summed E-state index contributed by atoms with van der Waals surface area (Å²) >= 11 is 0. The second-order valence-electron chi connectivity index (χ2n) is 4.98. The Hall–Kier alpha value is -0.160. The summed E-state index contributed by atoms with van der Waals surface area (Å²) < 4.78 is 10.7. The molecule has 1 fully saturated rings. The molecule has 1 rings (SSSR count). The molecule has 4 nitrogen and oxygen atoms in total. The molecule has 0 amide bonds. The molecule has 0 aromatic carbocycles. The highest BCUT2D eigenvalue weighted by Crippen LogP contribution is 2.18. The Morgan fingerprint density at radius 2 is 2.06 bits per heavy atom. The minimum atomic E-state index is -0.573. The van der Waals surface area contributed by atoms with Crippen LogP contribution in [0.2, 0.25) is 0 Å². The van der Waals surface area contributed by atoms with Gasteiger partial charge in [0.1, 0.15) is 0 Å². The molecule has 1 aliphatic heterocycles.